The van der Waals surface area contributed by atoms with Crippen LogP contribution >= 0.6 is 11.3 Å². The highest BCUT2D eigenvalue weighted by molar-refractivity contribution is 7.13. The Morgan fingerprint density at radius 1 is 1.11 bits per heavy atom. The number of hydrogen-bond donors (Lipinski definition) is 0. The number of amides is 1. The van der Waals surface area contributed by atoms with E-state index in [-0.39, 0.29) is 22.3 Å². The van der Waals surface area contributed by atoms with E-state index in [1.165, 1.54) is 28.4 Å². The SMILES string of the molecule is O=C1c2oc3ccc(F)cc3c(=O)c2C(c2ccccc2)N1c1nccs1. The van der Waals surface area contributed by atoms with Crippen LogP contribution in [-0.2, 0) is 0 Å². The number of benzene rings is 2. The van der Waals surface area contributed by atoms with Gasteiger partial charge in [0.15, 0.2) is 10.6 Å². The van der Waals surface area contributed by atoms with Gasteiger partial charge in [0.05, 0.1) is 17.0 Å². The van der Waals surface area contributed by atoms with Crippen LogP contribution < -0.4 is 10.3 Å². The summed E-state index contributed by atoms with van der Waals surface area (Å²) >= 11 is 1.30. The second-order valence-electron chi connectivity index (χ2n) is 6.12. The summed E-state index contributed by atoms with van der Waals surface area (Å²) < 4.78 is 19.5. The van der Waals surface area contributed by atoms with Gasteiger partial charge in [-0.15, -0.1) is 11.3 Å². The number of thiazole rings is 1. The van der Waals surface area contributed by atoms with E-state index >= 15 is 0 Å². The molecule has 1 aliphatic heterocycles. The number of fused-ring (bicyclic) bond motifs is 2. The van der Waals surface area contributed by atoms with Gasteiger partial charge in [0.25, 0.3) is 5.91 Å². The summed E-state index contributed by atoms with van der Waals surface area (Å²) in [5.41, 5.74) is 0.732. The average molecular weight is 378 g/mol. The molecule has 0 spiro atoms. The van der Waals surface area contributed by atoms with Gasteiger partial charge in [-0.3, -0.25) is 14.5 Å². The van der Waals surface area contributed by atoms with E-state index in [9.17, 15) is 14.0 Å². The highest BCUT2D eigenvalue weighted by Crippen LogP contribution is 2.41. The third-order valence-corrected chi connectivity index (χ3v) is 5.34. The first-order valence-electron chi connectivity index (χ1n) is 8.19. The minimum absolute atomic E-state index is 0.0249. The van der Waals surface area contributed by atoms with E-state index in [1.807, 2.05) is 30.3 Å². The molecule has 0 fully saturated rings. The predicted molar refractivity (Wildman–Crippen MR) is 99.7 cm³/mol. The van der Waals surface area contributed by atoms with Crippen LogP contribution in [0.1, 0.15) is 27.7 Å². The Morgan fingerprint density at radius 2 is 1.93 bits per heavy atom. The molecule has 0 radical (unpaired) electrons. The minimum atomic E-state index is -0.677. The third kappa shape index (κ3) is 2.32. The summed E-state index contributed by atoms with van der Waals surface area (Å²) in [4.78, 5) is 32.0. The maximum absolute atomic E-state index is 13.7. The first kappa shape index (κ1) is 15.9. The molecule has 1 atom stereocenters. The lowest BCUT2D eigenvalue weighted by Gasteiger charge is -2.22. The first-order chi connectivity index (χ1) is 13.1. The Morgan fingerprint density at radius 3 is 2.67 bits per heavy atom. The molecular formula is C20H11FN2O3S. The molecule has 27 heavy (non-hydrogen) atoms. The van der Waals surface area contributed by atoms with Crippen LogP contribution in [-0.4, -0.2) is 10.9 Å². The van der Waals surface area contributed by atoms with Gasteiger partial charge >= 0.3 is 0 Å². The van der Waals surface area contributed by atoms with Crippen molar-refractivity contribution < 1.29 is 13.6 Å². The number of hydrogen-bond acceptors (Lipinski definition) is 5. The zero-order valence-electron chi connectivity index (χ0n) is 13.8. The summed E-state index contributed by atoms with van der Waals surface area (Å²) in [5.74, 6) is -0.993. The lowest BCUT2D eigenvalue weighted by molar-refractivity contribution is 0.0971. The van der Waals surface area contributed by atoms with E-state index in [0.717, 1.165) is 11.6 Å². The fourth-order valence-electron chi connectivity index (χ4n) is 3.43. The summed E-state index contributed by atoms with van der Waals surface area (Å²) in [6, 6.07) is 12.2. The van der Waals surface area contributed by atoms with Crippen LogP contribution in [0.25, 0.3) is 11.0 Å². The maximum atomic E-state index is 13.7. The highest BCUT2D eigenvalue weighted by Gasteiger charge is 2.44. The van der Waals surface area contributed by atoms with Crippen LogP contribution in [0.4, 0.5) is 9.52 Å². The lowest BCUT2D eigenvalue weighted by Crippen LogP contribution is -2.29. The number of carbonyl (C=O) groups excluding carboxylic acids is 1. The van der Waals surface area contributed by atoms with Crippen molar-refractivity contribution in [3.05, 3.63) is 93.0 Å². The van der Waals surface area contributed by atoms with Crippen molar-refractivity contribution >= 4 is 33.3 Å². The van der Waals surface area contributed by atoms with E-state index in [1.54, 1.807) is 11.6 Å². The molecule has 1 unspecified atom stereocenters. The van der Waals surface area contributed by atoms with Crippen molar-refractivity contribution in [3.8, 4) is 0 Å². The van der Waals surface area contributed by atoms with Crippen LogP contribution in [0.3, 0.4) is 0 Å². The molecule has 132 valence electrons. The summed E-state index contributed by atoms with van der Waals surface area (Å²) in [5, 5.41) is 2.34. The van der Waals surface area contributed by atoms with Gasteiger partial charge in [0.1, 0.15) is 11.4 Å². The van der Waals surface area contributed by atoms with Gasteiger partial charge < -0.3 is 4.42 Å². The van der Waals surface area contributed by atoms with Crippen molar-refractivity contribution in [1.29, 1.82) is 0 Å². The number of rotatable bonds is 2. The number of anilines is 1. The van der Waals surface area contributed by atoms with Crippen molar-refractivity contribution in [3.63, 3.8) is 0 Å². The predicted octanol–water partition coefficient (Wildman–Crippen LogP) is 4.14. The van der Waals surface area contributed by atoms with Crippen LogP contribution in [0.2, 0.25) is 0 Å². The Labute approximate surface area is 156 Å². The smallest absolute Gasteiger partial charge is 0.297 e. The van der Waals surface area contributed by atoms with E-state index in [4.69, 9.17) is 4.42 Å². The third-order valence-electron chi connectivity index (χ3n) is 4.57. The monoisotopic (exact) mass is 378 g/mol. The van der Waals surface area contributed by atoms with E-state index in [0.29, 0.717) is 5.13 Å². The molecule has 5 nitrogen and oxygen atoms in total. The van der Waals surface area contributed by atoms with Gasteiger partial charge in [0.2, 0.25) is 5.76 Å². The molecule has 4 aromatic rings. The topological polar surface area (TPSA) is 63.4 Å². The quantitative estimate of drug-likeness (QED) is 0.526. The molecule has 2 aromatic heterocycles. The molecule has 0 saturated heterocycles. The molecule has 7 heteroatoms. The standard InChI is InChI=1S/C20H11FN2O3S/c21-12-6-7-14-13(10-12)17(24)15-16(11-4-2-1-3-5-11)23(19(25)18(15)26-14)20-22-8-9-27-20/h1-10,16H. The molecule has 0 aliphatic carbocycles. The molecule has 1 amide bonds. The lowest BCUT2D eigenvalue weighted by atomic mass is 9.99. The Kier molecular flexibility index (Phi) is 3.45. The van der Waals surface area contributed by atoms with Gasteiger partial charge in [-0.1, -0.05) is 30.3 Å². The maximum Gasteiger partial charge on any atom is 0.297 e. The van der Waals surface area contributed by atoms with Gasteiger partial charge in [-0.2, -0.15) is 0 Å². The molecular weight excluding hydrogens is 367 g/mol. The Bertz CT molecular complexity index is 1240. The van der Waals surface area contributed by atoms with Gasteiger partial charge in [0, 0.05) is 11.6 Å². The molecule has 3 heterocycles. The Balaban J connectivity index is 1.85. The fourth-order valence-corrected chi connectivity index (χ4v) is 4.10. The number of halogens is 1. The molecule has 5 rings (SSSR count). The molecule has 0 N–H and O–H groups in total. The number of nitrogens with zero attached hydrogens (tertiary/aromatic N) is 2. The fraction of sp³-hybridized carbons (Fsp3) is 0.0500. The second kappa shape index (κ2) is 5.85. The summed E-state index contributed by atoms with van der Waals surface area (Å²) in [7, 11) is 0. The molecule has 2 aromatic carbocycles. The van der Waals surface area contributed by atoms with E-state index < -0.39 is 23.2 Å². The van der Waals surface area contributed by atoms with Crippen LogP contribution in [0.5, 0.6) is 0 Å². The first-order valence-corrected chi connectivity index (χ1v) is 9.07. The zero-order chi connectivity index (χ0) is 18.5. The Hall–Kier alpha value is -3.32. The van der Waals surface area contributed by atoms with Crippen LogP contribution in [0.15, 0.2) is 69.3 Å². The number of aromatic nitrogens is 1. The van der Waals surface area contributed by atoms with Gasteiger partial charge in [-0.25, -0.2) is 9.37 Å². The van der Waals surface area contributed by atoms with Crippen molar-refractivity contribution in [2.75, 3.05) is 4.90 Å². The summed E-state index contributed by atoms with van der Waals surface area (Å²) in [6.07, 6.45) is 1.60. The van der Waals surface area contributed by atoms with Gasteiger partial charge in [-0.05, 0) is 23.8 Å². The number of carbonyl (C=O) groups is 1. The highest BCUT2D eigenvalue weighted by atomic mass is 32.1. The minimum Gasteiger partial charge on any atom is -0.450 e. The second-order valence-corrected chi connectivity index (χ2v) is 6.99. The van der Waals surface area contributed by atoms with Crippen LogP contribution in [0, 0.1) is 5.82 Å². The van der Waals surface area contributed by atoms with E-state index in [2.05, 4.69) is 4.98 Å². The van der Waals surface area contributed by atoms with Crippen molar-refractivity contribution in [1.82, 2.24) is 4.98 Å². The normalized spacial score (nSPS) is 16.1. The largest absolute Gasteiger partial charge is 0.450 e. The molecule has 0 saturated carbocycles. The average Bonchev–Trinajstić information content (AvgIpc) is 3.30. The van der Waals surface area contributed by atoms with Crippen molar-refractivity contribution in [2.24, 2.45) is 0 Å². The molecule has 0 bridgehead atoms. The summed E-state index contributed by atoms with van der Waals surface area (Å²) in [6.45, 7) is 0. The zero-order valence-corrected chi connectivity index (χ0v) is 14.6. The molecule has 1 aliphatic rings. The van der Waals surface area contributed by atoms with Crippen molar-refractivity contribution in [2.45, 2.75) is 6.04 Å².